The lowest BCUT2D eigenvalue weighted by Crippen LogP contribution is -2.10. The van der Waals surface area contributed by atoms with Gasteiger partial charge in [0.2, 0.25) is 0 Å². The van der Waals surface area contributed by atoms with Crippen LogP contribution in [-0.2, 0) is 4.79 Å². The van der Waals surface area contributed by atoms with Gasteiger partial charge in [-0.3, -0.25) is 0 Å². The minimum atomic E-state index is 0.163. The summed E-state index contributed by atoms with van der Waals surface area (Å²) in [6.45, 7) is 12.1. The Morgan fingerprint density at radius 2 is 2.07 bits per heavy atom. The molecule has 0 aliphatic carbocycles. The lowest BCUT2D eigenvalue weighted by Gasteiger charge is -2.20. The maximum Gasteiger partial charge on any atom is 0.122 e. The predicted molar refractivity (Wildman–Crippen MR) is 62.2 cm³/mol. The Hall–Kier alpha value is -0.850. The smallest absolute Gasteiger partial charge is 0.122 e. The van der Waals surface area contributed by atoms with E-state index in [1.54, 1.807) is 0 Å². The van der Waals surface area contributed by atoms with Crippen molar-refractivity contribution in [3.63, 3.8) is 0 Å². The van der Waals surface area contributed by atoms with E-state index >= 15 is 0 Å². The van der Waals surface area contributed by atoms with Crippen molar-refractivity contribution in [3.05, 3.63) is 24.3 Å². The summed E-state index contributed by atoms with van der Waals surface area (Å²) in [5.74, 6) is 0.174. The monoisotopic (exact) mass is 194 g/mol. The Bertz CT molecular complexity index is 223. The Balaban J connectivity index is 4.06. The second-order valence-corrected chi connectivity index (χ2v) is 4.82. The predicted octanol–water partition coefficient (Wildman–Crippen LogP) is 3.76. The number of carbonyl (C=O) groups excluding carboxylic acids is 1. The van der Waals surface area contributed by atoms with Crippen molar-refractivity contribution in [2.45, 2.75) is 40.5 Å². The summed E-state index contributed by atoms with van der Waals surface area (Å²) < 4.78 is 0. The minimum absolute atomic E-state index is 0.163. The molecular formula is C13H22O. The van der Waals surface area contributed by atoms with Crippen LogP contribution in [0.1, 0.15) is 40.5 Å². The van der Waals surface area contributed by atoms with Gasteiger partial charge in [-0.05, 0) is 25.2 Å². The zero-order valence-corrected chi connectivity index (χ0v) is 9.84. The van der Waals surface area contributed by atoms with Gasteiger partial charge in [-0.25, -0.2) is 0 Å². The highest BCUT2D eigenvalue weighted by Gasteiger charge is 2.14. The van der Waals surface area contributed by atoms with Gasteiger partial charge >= 0.3 is 0 Å². The van der Waals surface area contributed by atoms with Crippen LogP contribution in [0.15, 0.2) is 24.3 Å². The molecule has 0 radical (unpaired) electrons. The lowest BCUT2D eigenvalue weighted by molar-refractivity contribution is -0.110. The average molecular weight is 194 g/mol. The molecule has 0 bridgehead atoms. The first kappa shape index (κ1) is 13.2. The van der Waals surface area contributed by atoms with Crippen molar-refractivity contribution in [2.75, 3.05) is 0 Å². The van der Waals surface area contributed by atoms with Crippen LogP contribution in [0.5, 0.6) is 0 Å². The summed E-state index contributed by atoms with van der Waals surface area (Å²) in [6, 6.07) is 0. The number of rotatable bonds is 6. The third-order valence-electron chi connectivity index (χ3n) is 2.30. The molecule has 0 heterocycles. The van der Waals surface area contributed by atoms with E-state index in [-0.39, 0.29) is 11.3 Å². The highest BCUT2D eigenvalue weighted by Crippen LogP contribution is 2.26. The molecule has 0 fully saturated rings. The average Bonchev–Trinajstić information content (AvgIpc) is 2.11. The normalized spacial score (nSPS) is 14.3. The molecule has 0 aromatic heterocycles. The molecule has 1 nitrogen and oxygen atoms in total. The number of hydrogen-bond donors (Lipinski definition) is 0. The molecule has 1 heteroatoms. The molecule has 0 aliphatic rings. The van der Waals surface area contributed by atoms with Crippen molar-refractivity contribution >= 4 is 6.29 Å². The van der Waals surface area contributed by atoms with Gasteiger partial charge in [-0.2, -0.15) is 0 Å². The summed E-state index contributed by atoms with van der Waals surface area (Å²) >= 11 is 0. The zero-order valence-electron chi connectivity index (χ0n) is 9.84. The van der Waals surface area contributed by atoms with Gasteiger partial charge < -0.3 is 4.79 Å². The highest BCUT2D eigenvalue weighted by atomic mass is 16.1. The van der Waals surface area contributed by atoms with Crippen molar-refractivity contribution < 1.29 is 4.79 Å². The molecule has 0 rings (SSSR count). The molecule has 0 aromatic rings. The van der Waals surface area contributed by atoms with Crippen molar-refractivity contribution in [1.82, 2.24) is 0 Å². The van der Waals surface area contributed by atoms with E-state index in [9.17, 15) is 4.79 Å². The van der Waals surface area contributed by atoms with Gasteiger partial charge in [0.25, 0.3) is 0 Å². The van der Waals surface area contributed by atoms with E-state index in [0.717, 1.165) is 24.7 Å². The van der Waals surface area contributed by atoms with Crippen LogP contribution in [0.3, 0.4) is 0 Å². The van der Waals surface area contributed by atoms with Gasteiger partial charge in [-0.15, -0.1) is 0 Å². The zero-order chi connectivity index (χ0) is 11.2. The van der Waals surface area contributed by atoms with Crippen LogP contribution in [0.2, 0.25) is 0 Å². The maximum atomic E-state index is 10.5. The Morgan fingerprint density at radius 1 is 1.50 bits per heavy atom. The van der Waals surface area contributed by atoms with Crippen LogP contribution in [0.4, 0.5) is 0 Å². The maximum absolute atomic E-state index is 10.5. The Morgan fingerprint density at radius 3 is 2.50 bits per heavy atom. The fraction of sp³-hybridized carbons (Fsp3) is 0.615. The van der Waals surface area contributed by atoms with E-state index in [1.807, 2.05) is 19.9 Å². The molecule has 1 atom stereocenters. The summed E-state index contributed by atoms with van der Waals surface area (Å²) in [5, 5.41) is 0. The van der Waals surface area contributed by atoms with E-state index in [4.69, 9.17) is 0 Å². The summed E-state index contributed by atoms with van der Waals surface area (Å²) in [6.07, 6.45) is 7.24. The van der Waals surface area contributed by atoms with Crippen LogP contribution in [0.25, 0.3) is 0 Å². The molecule has 80 valence electrons. The van der Waals surface area contributed by atoms with Crippen LogP contribution in [-0.4, -0.2) is 6.29 Å². The molecule has 0 spiro atoms. The van der Waals surface area contributed by atoms with Crippen molar-refractivity contribution in [1.29, 1.82) is 0 Å². The summed E-state index contributed by atoms with van der Waals surface area (Å²) in [4.78, 5) is 10.5. The van der Waals surface area contributed by atoms with Gasteiger partial charge in [0.1, 0.15) is 6.29 Å². The molecule has 0 unspecified atom stereocenters. The molecular weight excluding hydrogens is 172 g/mol. The summed E-state index contributed by atoms with van der Waals surface area (Å²) in [5.41, 5.74) is 1.23. The lowest BCUT2D eigenvalue weighted by atomic mass is 9.84. The fourth-order valence-corrected chi connectivity index (χ4v) is 1.12. The Labute approximate surface area is 87.9 Å². The number of allylic oxidation sites excluding steroid dienone is 3. The third kappa shape index (κ3) is 6.64. The van der Waals surface area contributed by atoms with E-state index in [2.05, 4.69) is 26.5 Å². The molecule has 0 aliphatic heterocycles. The van der Waals surface area contributed by atoms with Crippen molar-refractivity contribution in [2.24, 2.45) is 11.3 Å². The van der Waals surface area contributed by atoms with Crippen molar-refractivity contribution in [3.8, 4) is 0 Å². The first-order chi connectivity index (χ1) is 6.37. The van der Waals surface area contributed by atoms with Gasteiger partial charge in [-0.1, -0.05) is 45.1 Å². The molecule has 0 N–H and O–H groups in total. The molecule has 14 heavy (non-hydrogen) atoms. The van der Waals surface area contributed by atoms with Gasteiger partial charge in [0.15, 0.2) is 0 Å². The second kappa shape index (κ2) is 5.79. The molecule has 0 amide bonds. The molecule has 0 saturated carbocycles. The molecule has 0 saturated heterocycles. The Kier molecular flexibility index (Phi) is 5.44. The topological polar surface area (TPSA) is 17.1 Å². The van der Waals surface area contributed by atoms with E-state index in [1.165, 1.54) is 0 Å². The summed E-state index contributed by atoms with van der Waals surface area (Å²) in [7, 11) is 0. The fourth-order valence-electron chi connectivity index (χ4n) is 1.12. The molecule has 0 aromatic carbocycles. The standard InChI is InChI=1S/C13H22O/c1-11(2)6-8-13(4,5)9-7-12(3)10-14/h6,8,10,12H,1,7,9H2,2-5H3/b8-6+/t12-/m0/s1. The van der Waals surface area contributed by atoms with Gasteiger partial charge in [0.05, 0.1) is 0 Å². The largest absolute Gasteiger partial charge is 0.303 e. The first-order valence-electron chi connectivity index (χ1n) is 5.17. The van der Waals surface area contributed by atoms with Crippen LogP contribution < -0.4 is 0 Å². The quantitative estimate of drug-likeness (QED) is 0.465. The third-order valence-corrected chi connectivity index (χ3v) is 2.30. The SMILES string of the molecule is C=C(C)/C=C/C(C)(C)CC[C@H](C)C=O. The van der Waals surface area contributed by atoms with E-state index in [0.29, 0.717) is 0 Å². The minimum Gasteiger partial charge on any atom is -0.303 e. The van der Waals surface area contributed by atoms with Crippen LogP contribution in [0, 0.1) is 11.3 Å². The van der Waals surface area contributed by atoms with E-state index < -0.39 is 0 Å². The highest BCUT2D eigenvalue weighted by molar-refractivity contribution is 5.52. The second-order valence-electron chi connectivity index (χ2n) is 4.82. The number of hydrogen-bond acceptors (Lipinski definition) is 1. The van der Waals surface area contributed by atoms with Crippen LogP contribution >= 0.6 is 0 Å². The number of aldehydes is 1. The first-order valence-corrected chi connectivity index (χ1v) is 5.17. The number of carbonyl (C=O) groups is 1. The van der Waals surface area contributed by atoms with Gasteiger partial charge in [0, 0.05) is 5.92 Å².